The Morgan fingerprint density at radius 2 is 2.17 bits per heavy atom. The Morgan fingerprint density at radius 3 is 2.96 bits per heavy atom. The lowest BCUT2D eigenvalue weighted by Gasteiger charge is -2.04. The van der Waals surface area contributed by atoms with Gasteiger partial charge < -0.3 is 14.5 Å². The Hall–Kier alpha value is -2.41. The fourth-order valence-electron chi connectivity index (χ4n) is 2.58. The molecule has 1 unspecified atom stereocenters. The number of anilines is 1. The van der Waals surface area contributed by atoms with Crippen molar-refractivity contribution in [2.24, 2.45) is 0 Å². The van der Waals surface area contributed by atoms with Gasteiger partial charge in [-0.25, -0.2) is 4.98 Å². The van der Waals surface area contributed by atoms with Crippen molar-refractivity contribution in [1.82, 2.24) is 15.2 Å². The van der Waals surface area contributed by atoms with E-state index in [9.17, 15) is 0 Å². The number of fused-ring (bicyclic) bond motifs is 1. The van der Waals surface area contributed by atoms with Gasteiger partial charge in [-0.1, -0.05) is 37.1 Å². The summed E-state index contributed by atoms with van der Waals surface area (Å²) in [5, 5.41) is 12.3. The van der Waals surface area contributed by atoms with E-state index in [1.807, 2.05) is 24.4 Å². The second kappa shape index (κ2) is 6.24. The van der Waals surface area contributed by atoms with E-state index in [-0.39, 0.29) is 6.10 Å². The molecule has 0 spiro atoms. The van der Waals surface area contributed by atoms with E-state index < -0.39 is 0 Å². The fourth-order valence-corrected chi connectivity index (χ4v) is 3.44. The molecule has 1 atom stereocenters. The third-order valence-corrected chi connectivity index (χ3v) is 5.19. The van der Waals surface area contributed by atoms with Gasteiger partial charge >= 0.3 is 6.01 Å². The molecule has 3 heterocycles. The van der Waals surface area contributed by atoms with E-state index in [0.29, 0.717) is 24.4 Å². The topological polar surface area (TPSA) is 73.1 Å². The molecule has 1 aliphatic heterocycles. The van der Waals surface area contributed by atoms with Crippen molar-refractivity contribution in [2.45, 2.75) is 38.8 Å². The molecule has 1 N–H and O–H groups in total. The number of nitrogens with zero attached hydrogens (tertiary/aromatic N) is 3. The third kappa shape index (κ3) is 2.99. The zero-order chi connectivity index (χ0) is 16.5. The van der Waals surface area contributed by atoms with Crippen LogP contribution in [0.15, 0.2) is 34.9 Å². The lowest BCUT2D eigenvalue weighted by atomic mass is 10.1. The van der Waals surface area contributed by atoms with Crippen molar-refractivity contribution in [3.8, 4) is 5.75 Å². The van der Waals surface area contributed by atoms with Crippen molar-refractivity contribution < 1.29 is 9.15 Å². The maximum absolute atomic E-state index is 5.86. The number of aromatic nitrogens is 3. The van der Waals surface area contributed by atoms with Crippen LogP contribution in [0, 0.1) is 0 Å². The van der Waals surface area contributed by atoms with Gasteiger partial charge in [-0.2, -0.15) is 0 Å². The highest BCUT2D eigenvalue weighted by Crippen LogP contribution is 2.36. The van der Waals surface area contributed by atoms with Gasteiger partial charge in [0.15, 0.2) is 6.10 Å². The molecule has 1 aromatic carbocycles. The molecule has 4 rings (SSSR count). The largest absolute Gasteiger partial charge is 0.480 e. The van der Waals surface area contributed by atoms with Crippen LogP contribution in [0.4, 0.5) is 6.01 Å². The van der Waals surface area contributed by atoms with E-state index in [2.05, 4.69) is 40.4 Å². The van der Waals surface area contributed by atoms with Crippen molar-refractivity contribution in [2.75, 3.05) is 5.32 Å². The van der Waals surface area contributed by atoms with Gasteiger partial charge in [-0.15, -0.1) is 16.4 Å². The van der Waals surface area contributed by atoms with Gasteiger partial charge in [0, 0.05) is 17.5 Å². The first kappa shape index (κ1) is 15.1. The minimum absolute atomic E-state index is 0.210. The van der Waals surface area contributed by atoms with Crippen LogP contribution < -0.4 is 10.1 Å². The maximum Gasteiger partial charge on any atom is 0.315 e. The molecular formula is C17H18N4O2S. The number of hydrogen-bond acceptors (Lipinski definition) is 7. The van der Waals surface area contributed by atoms with Gasteiger partial charge in [0.1, 0.15) is 10.8 Å². The summed E-state index contributed by atoms with van der Waals surface area (Å²) in [6.45, 7) is 4.90. The standard InChI is InChI=1S/C17H18N4O2S/c1-10(2)14-8-18-15(24-14)9-19-17-21-20-16(23-17)13-7-11-5-3-4-6-12(11)22-13/h3-6,8,10,13H,7,9H2,1-2H3,(H,19,21). The minimum atomic E-state index is -0.210. The van der Waals surface area contributed by atoms with Crippen molar-refractivity contribution in [1.29, 1.82) is 0 Å². The molecule has 0 aliphatic carbocycles. The van der Waals surface area contributed by atoms with Gasteiger partial charge in [0.25, 0.3) is 5.89 Å². The van der Waals surface area contributed by atoms with Crippen molar-refractivity contribution in [3.05, 3.63) is 51.8 Å². The van der Waals surface area contributed by atoms with Crippen LogP contribution in [0.25, 0.3) is 0 Å². The molecular weight excluding hydrogens is 324 g/mol. The highest BCUT2D eigenvalue weighted by Gasteiger charge is 2.28. The van der Waals surface area contributed by atoms with E-state index in [1.165, 1.54) is 10.4 Å². The fraction of sp³-hybridized carbons (Fsp3) is 0.353. The molecule has 0 radical (unpaired) electrons. The van der Waals surface area contributed by atoms with Crippen molar-refractivity contribution >= 4 is 17.4 Å². The summed E-state index contributed by atoms with van der Waals surface area (Å²) in [5.74, 6) is 1.88. The molecule has 2 aromatic heterocycles. The summed E-state index contributed by atoms with van der Waals surface area (Å²) in [6, 6.07) is 8.37. The number of thiazole rings is 1. The zero-order valence-electron chi connectivity index (χ0n) is 13.5. The molecule has 1 aliphatic rings. The minimum Gasteiger partial charge on any atom is -0.480 e. The first-order valence-electron chi connectivity index (χ1n) is 7.95. The Kier molecular flexibility index (Phi) is 3.93. The molecule has 24 heavy (non-hydrogen) atoms. The number of rotatable bonds is 5. The summed E-state index contributed by atoms with van der Waals surface area (Å²) in [4.78, 5) is 5.68. The van der Waals surface area contributed by atoms with Crippen LogP contribution in [-0.4, -0.2) is 15.2 Å². The van der Waals surface area contributed by atoms with Crippen molar-refractivity contribution in [3.63, 3.8) is 0 Å². The van der Waals surface area contributed by atoms with Crippen LogP contribution in [0.1, 0.15) is 47.2 Å². The summed E-state index contributed by atoms with van der Waals surface area (Å²) >= 11 is 1.70. The van der Waals surface area contributed by atoms with Crippen LogP contribution in [0.5, 0.6) is 5.75 Å². The van der Waals surface area contributed by atoms with E-state index >= 15 is 0 Å². The smallest absolute Gasteiger partial charge is 0.315 e. The number of hydrogen-bond donors (Lipinski definition) is 1. The molecule has 6 nitrogen and oxygen atoms in total. The molecule has 0 fully saturated rings. The number of para-hydroxylation sites is 1. The Balaban J connectivity index is 1.39. The average Bonchev–Trinajstić information content (AvgIpc) is 3.30. The maximum atomic E-state index is 5.86. The molecule has 7 heteroatoms. The lowest BCUT2D eigenvalue weighted by Crippen LogP contribution is -2.03. The predicted octanol–water partition coefficient (Wildman–Crippen LogP) is 3.94. The van der Waals surface area contributed by atoms with Crippen LogP contribution in [0.3, 0.4) is 0 Å². The highest BCUT2D eigenvalue weighted by atomic mass is 32.1. The molecule has 124 valence electrons. The van der Waals surface area contributed by atoms with E-state index in [4.69, 9.17) is 9.15 Å². The van der Waals surface area contributed by atoms with Crippen LogP contribution in [-0.2, 0) is 13.0 Å². The third-order valence-electron chi connectivity index (χ3n) is 3.89. The summed E-state index contributed by atoms with van der Waals surface area (Å²) < 4.78 is 11.6. The molecule has 3 aromatic rings. The normalized spacial score (nSPS) is 16.2. The second-order valence-electron chi connectivity index (χ2n) is 6.03. The second-order valence-corrected chi connectivity index (χ2v) is 7.18. The lowest BCUT2D eigenvalue weighted by molar-refractivity contribution is 0.199. The quantitative estimate of drug-likeness (QED) is 0.757. The van der Waals surface area contributed by atoms with Gasteiger partial charge in [-0.3, -0.25) is 0 Å². The summed E-state index contributed by atoms with van der Waals surface area (Å²) in [6.07, 6.45) is 2.47. The number of benzene rings is 1. The van der Waals surface area contributed by atoms with Gasteiger partial charge in [0.2, 0.25) is 0 Å². The molecule has 0 bridgehead atoms. The molecule has 0 saturated carbocycles. The SMILES string of the molecule is CC(C)c1cnc(CNc2nnc(C3Cc4ccccc4O3)o2)s1. The number of ether oxygens (including phenoxy) is 1. The summed E-state index contributed by atoms with van der Waals surface area (Å²) in [5.41, 5.74) is 1.17. The highest BCUT2D eigenvalue weighted by molar-refractivity contribution is 7.11. The first-order valence-corrected chi connectivity index (χ1v) is 8.77. The predicted molar refractivity (Wildman–Crippen MR) is 91.3 cm³/mol. The zero-order valence-corrected chi connectivity index (χ0v) is 14.3. The Morgan fingerprint density at radius 1 is 1.29 bits per heavy atom. The van der Waals surface area contributed by atoms with Gasteiger partial charge in [-0.05, 0) is 17.5 Å². The Labute approximate surface area is 143 Å². The van der Waals surface area contributed by atoms with Gasteiger partial charge in [0.05, 0.1) is 6.54 Å². The van der Waals surface area contributed by atoms with E-state index in [1.54, 1.807) is 11.3 Å². The number of nitrogens with one attached hydrogen (secondary N) is 1. The first-order chi connectivity index (χ1) is 11.7. The molecule has 0 saturated heterocycles. The molecule has 0 amide bonds. The Bertz CT molecular complexity index is 817. The average molecular weight is 342 g/mol. The van der Waals surface area contributed by atoms with Crippen LogP contribution >= 0.6 is 11.3 Å². The van der Waals surface area contributed by atoms with Crippen LogP contribution in [0.2, 0.25) is 0 Å². The monoisotopic (exact) mass is 342 g/mol. The summed E-state index contributed by atoms with van der Waals surface area (Å²) in [7, 11) is 0. The van der Waals surface area contributed by atoms with E-state index in [0.717, 1.165) is 17.2 Å².